The topological polar surface area (TPSA) is 209 Å². The number of primary amides is 1. The molecule has 6 rings (SSSR count). The van der Waals surface area contributed by atoms with Crippen molar-refractivity contribution in [3.05, 3.63) is 72.6 Å². The van der Waals surface area contributed by atoms with Crippen LogP contribution in [0.3, 0.4) is 0 Å². The van der Waals surface area contributed by atoms with Gasteiger partial charge in [0.1, 0.15) is 23.7 Å². The van der Waals surface area contributed by atoms with E-state index in [9.17, 15) is 24.3 Å². The summed E-state index contributed by atoms with van der Waals surface area (Å²) >= 11 is 0. The van der Waals surface area contributed by atoms with Crippen molar-refractivity contribution >= 4 is 24.0 Å². The van der Waals surface area contributed by atoms with Gasteiger partial charge in [-0.3, -0.25) is 9.59 Å². The van der Waals surface area contributed by atoms with E-state index in [0.717, 1.165) is 46.5 Å². The molecule has 0 saturated carbocycles. The van der Waals surface area contributed by atoms with Gasteiger partial charge in [0.2, 0.25) is 5.91 Å². The average molecular weight is 755 g/mol. The number of H-pyrrole nitrogens is 2. The highest BCUT2D eigenvalue weighted by atomic mass is 16.6. The first kappa shape index (κ1) is 39.0. The third kappa shape index (κ3) is 8.36. The number of benzene rings is 2. The first-order valence-electron chi connectivity index (χ1n) is 18.8. The molecule has 2 aromatic carbocycles. The van der Waals surface area contributed by atoms with E-state index in [0.29, 0.717) is 37.6 Å². The fraction of sp³-hybridized carbons (Fsp3) is 0.450. The number of carbonyl (C=O) groups is 4. The number of hydrogen-bond acceptors (Lipinski definition) is 9. The first-order valence-corrected chi connectivity index (χ1v) is 18.8. The van der Waals surface area contributed by atoms with Crippen molar-refractivity contribution in [1.29, 1.82) is 0 Å². The summed E-state index contributed by atoms with van der Waals surface area (Å²) in [5.41, 5.74) is 10.7. The molecule has 6 N–H and O–H groups in total. The molecule has 0 radical (unpaired) electrons. The predicted molar refractivity (Wildman–Crippen MR) is 204 cm³/mol. The van der Waals surface area contributed by atoms with Crippen molar-refractivity contribution in [3.63, 3.8) is 0 Å². The SMILES string of the molecule is CCC(C)[C@H](OC(N)=O)C(=O)N1CCC(O)[C@H]1c1ncc(-c2ccc(-c3ccc(-c4cnc(C5CCCN5C(=O)[C@@H](NC(=O)OC)C(C)C)[nH]4)cc3)cc2)[nH]1. The Hall–Kier alpha value is -5.70. The van der Waals surface area contributed by atoms with E-state index in [1.807, 2.05) is 76.2 Å². The van der Waals surface area contributed by atoms with Crippen LogP contribution >= 0.6 is 0 Å². The fourth-order valence-electron chi connectivity index (χ4n) is 7.43. The van der Waals surface area contributed by atoms with Crippen LogP contribution in [0.2, 0.25) is 0 Å². The van der Waals surface area contributed by atoms with Crippen molar-refractivity contribution in [2.75, 3.05) is 20.2 Å². The molecule has 0 spiro atoms. The van der Waals surface area contributed by atoms with Gasteiger partial charge in [-0.05, 0) is 53.9 Å². The molecule has 4 amide bonds. The zero-order valence-corrected chi connectivity index (χ0v) is 31.8. The van der Waals surface area contributed by atoms with Crippen molar-refractivity contribution in [2.45, 2.75) is 83.7 Å². The number of nitrogens with two attached hydrogens (primary N) is 1. The van der Waals surface area contributed by atoms with Gasteiger partial charge in [0.25, 0.3) is 5.91 Å². The molecule has 0 aliphatic carbocycles. The second kappa shape index (κ2) is 16.8. The third-order valence-electron chi connectivity index (χ3n) is 10.7. The highest BCUT2D eigenvalue weighted by molar-refractivity contribution is 5.86. The summed E-state index contributed by atoms with van der Waals surface area (Å²) < 4.78 is 9.95. The number of hydrogen-bond donors (Lipinski definition) is 5. The summed E-state index contributed by atoms with van der Waals surface area (Å²) in [5.74, 6) is 0.217. The average Bonchev–Trinajstić information content (AvgIpc) is 4.02. The number of amides is 4. The number of rotatable bonds is 12. The third-order valence-corrected chi connectivity index (χ3v) is 10.7. The van der Waals surface area contributed by atoms with Crippen LogP contribution in [0.4, 0.5) is 9.59 Å². The number of aliphatic hydroxyl groups excluding tert-OH is 1. The molecular formula is C40H50N8O7. The Balaban J connectivity index is 1.12. The molecule has 15 heteroatoms. The van der Waals surface area contributed by atoms with E-state index < -0.39 is 42.4 Å². The largest absolute Gasteiger partial charge is 0.453 e. The molecule has 2 saturated heterocycles. The van der Waals surface area contributed by atoms with Crippen LogP contribution in [-0.4, -0.2) is 97.3 Å². The Morgan fingerprint density at radius 3 is 1.96 bits per heavy atom. The molecular weight excluding hydrogens is 704 g/mol. The Kier molecular flexibility index (Phi) is 11.9. The molecule has 4 heterocycles. The normalized spacial score (nSPS) is 19.9. The van der Waals surface area contributed by atoms with Crippen molar-refractivity contribution in [3.8, 4) is 33.6 Å². The molecule has 2 aromatic heterocycles. The number of nitrogens with zero attached hydrogens (tertiary/aromatic N) is 4. The molecule has 292 valence electrons. The highest BCUT2D eigenvalue weighted by Gasteiger charge is 2.43. The highest BCUT2D eigenvalue weighted by Crippen LogP contribution is 2.36. The van der Waals surface area contributed by atoms with Crippen molar-refractivity contribution in [1.82, 2.24) is 35.1 Å². The van der Waals surface area contributed by atoms with Gasteiger partial charge in [0, 0.05) is 19.0 Å². The maximum absolute atomic E-state index is 13.5. The standard InChI is InChI=1S/C40H50N8O7/c1-6-23(4)34(55-39(41)52)38(51)48-19-17-31(49)33(48)36-43-21-29(45-36)27-15-11-25(12-16-27)24-9-13-26(14-10-24)28-20-42-35(44-28)30-8-7-18-47(30)37(50)32(22(2)3)46-40(53)54-5/h9-16,20-23,30-34,49H,6-8,17-19H2,1-5H3,(H2,41,52)(H,42,44)(H,43,45)(H,46,53)/t23?,30?,31?,32-,33-,34-/m0/s1. The summed E-state index contributed by atoms with van der Waals surface area (Å²) in [6.07, 6.45) is 2.49. The van der Waals surface area contributed by atoms with Crippen LogP contribution in [0.15, 0.2) is 60.9 Å². The Morgan fingerprint density at radius 1 is 0.855 bits per heavy atom. The number of carbonyl (C=O) groups excluding carboxylic acids is 4. The Labute approximate surface area is 320 Å². The molecule has 2 aliphatic heterocycles. The van der Waals surface area contributed by atoms with E-state index in [1.54, 1.807) is 17.3 Å². The molecule has 0 bridgehead atoms. The van der Waals surface area contributed by atoms with Gasteiger partial charge in [-0.25, -0.2) is 19.6 Å². The molecule has 4 aromatic rings. The zero-order chi connectivity index (χ0) is 39.4. The van der Waals surface area contributed by atoms with Crippen LogP contribution < -0.4 is 11.1 Å². The van der Waals surface area contributed by atoms with Crippen LogP contribution in [0.25, 0.3) is 33.6 Å². The van der Waals surface area contributed by atoms with Crippen LogP contribution in [-0.2, 0) is 19.1 Å². The lowest BCUT2D eigenvalue weighted by Gasteiger charge is -2.30. The molecule has 3 unspecified atom stereocenters. The lowest BCUT2D eigenvalue weighted by Crippen LogP contribution is -2.51. The number of aromatic amines is 2. The molecule has 15 nitrogen and oxygen atoms in total. The van der Waals surface area contributed by atoms with Gasteiger partial charge >= 0.3 is 12.2 Å². The maximum Gasteiger partial charge on any atom is 0.407 e. The Morgan fingerprint density at radius 2 is 1.42 bits per heavy atom. The lowest BCUT2D eigenvalue weighted by molar-refractivity contribution is -0.145. The van der Waals surface area contributed by atoms with E-state index in [4.69, 9.17) is 15.2 Å². The summed E-state index contributed by atoms with van der Waals surface area (Å²) in [5, 5.41) is 13.6. The number of aromatic nitrogens is 4. The van der Waals surface area contributed by atoms with Gasteiger partial charge in [-0.15, -0.1) is 0 Å². The second-order valence-corrected chi connectivity index (χ2v) is 14.6. The lowest BCUT2D eigenvalue weighted by atomic mass is 10.00. The van der Waals surface area contributed by atoms with Gasteiger partial charge in [0.15, 0.2) is 6.10 Å². The number of nitrogens with one attached hydrogen (secondary N) is 3. The summed E-state index contributed by atoms with van der Waals surface area (Å²) in [4.78, 5) is 69.8. The number of methoxy groups -OCH3 is 1. The number of imidazole rings is 2. The van der Waals surface area contributed by atoms with Crippen LogP contribution in [0, 0.1) is 11.8 Å². The molecule has 6 atom stereocenters. The quantitative estimate of drug-likeness (QED) is 0.127. The van der Waals surface area contributed by atoms with Gasteiger partial charge in [-0.2, -0.15) is 0 Å². The zero-order valence-electron chi connectivity index (χ0n) is 31.8. The van der Waals surface area contributed by atoms with Gasteiger partial charge < -0.3 is 45.4 Å². The summed E-state index contributed by atoms with van der Waals surface area (Å²) in [7, 11) is 1.28. The van der Waals surface area contributed by atoms with E-state index in [-0.39, 0.29) is 23.8 Å². The number of alkyl carbamates (subject to hydrolysis) is 1. The maximum atomic E-state index is 13.5. The minimum absolute atomic E-state index is 0.115. The summed E-state index contributed by atoms with van der Waals surface area (Å²) in [6.45, 7) is 8.37. The minimum atomic E-state index is -1.05. The second-order valence-electron chi connectivity index (χ2n) is 14.6. The minimum Gasteiger partial charge on any atom is -0.453 e. The van der Waals surface area contributed by atoms with Crippen molar-refractivity contribution < 1.29 is 33.8 Å². The number of likely N-dealkylation sites (tertiary alicyclic amines) is 2. The fourth-order valence-corrected chi connectivity index (χ4v) is 7.43. The molecule has 2 fully saturated rings. The Bertz CT molecular complexity index is 1970. The van der Waals surface area contributed by atoms with Crippen molar-refractivity contribution in [2.24, 2.45) is 17.6 Å². The van der Waals surface area contributed by atoms with E-state index in [1.165, 1.54) is 12.0 Å². The van der Waals surface area contributed by atoms with E-state index in [2.05, 4.69) is 25.3 Å². The predicted octanol–water partition coefficient (Wildman–Crippen LogP) is 5.32. The van der Waals surface area contributed by atoms with Crippen LogP contribution in [0.5, 0.6) is 0 Å². The monoisotopic (exact) mass is 754 g/mol. The van der Waals surface area contributed by atoms with Gasteiger partial charge in [-0.1, -0.05) is 76.2 Å². The van der Waals surface area contributed by atoms with Crippen LogP contribution in [0.1, 0.15) is 77.1 Å². The number of ether oxygens (including phenoxy) is 2. The molecule has 55 heavy (non-hydrogen) atoms. The first-order chi connectivity index (χ1) is 26.4. The molecule has 2 aliphatic rings. The number of aliphatic hydroxyl groups is 1. The van der Waals surface area contributed by atoms with Gasteiger partial charge in [0.05, 0.1) is 43.0 Å². The smallest absolute Gasteiger partial charge is 0.407 e. The van der Waals surface area contributed by atoms with E-state index >= 15 is 0 Å². The summed E-state index contributed by atoms with van der Waals surface area (Å²) in [6, 6.07) is 14.5.